The fourth-order valence-electron chi connectivity index (χ4n) is 2.66. The lowest BCUT2D eigenvalue weighted by molar-refractivity contribution is 0.103. The second kappa shape index (κ2) is 8.05. The Morgan fingerprint density at radius 1 is 1.17 bits per heavy atom. The standard InChI is InChI=1S/C18H13N5O4S3/c1-9-4-5-28-14(9)15(24)19-17-22-23-18(30-17)29-7-13-20-21-16(27-13)10-2-3-11-12(6-10)26-8-25-11/h2-6H,7-8H2,1H3,(H,19,22,24). The van der Waals surface area contributed by atoms with Gasteiger partial charge >= 0.3 is 0 Å². The van der Waals surface area contributed by atoms with Crippen LogP contribution in [0, 0.1) is 6.92 Å². The molecule has 0 atom stereocenters. The Hall–Kier alpha value is -2.96. The van der Waals surface area contributed by atoms with Crippen LogP contribution in [-0.2, 0) is 5.75 Å². The van der Waals surface area contributed by atoms with Crippen LogP contribution in [0.3, 0.4) is 0 Å². The number of hydrogen-bond donors (Lipinski definition) is 1. The molecule has 9 nitrogen and oxygen atoms in total. The summed E-state index contributed by atoms with van der Waals surface area (Å²) in [7, 11) is 0. The molecule has 5 rings (SSSR count). The predicted molar refractivity (Wildman–Crippen MR) is 112 cm³/mol. The summed E-state index contributed by atoms with van der Waals surface area (Å²) < 4.78 is 17.1. The number of aryl methyl sites for hydroxylation is 1. The van der Waals surface area contributed by atoms with Crippen LogP contribution in [0.25, 0.3) is 11.5 Å². The monoisotopic (exact) mass is 459 g/mol. The zero-order chi connectivity index (χ0) is 20.5. The van der Waals surface area contributed by atoms with E-state index in [4.69, 9.17) is 13.9 Å². The van der Waals surface area contributed by atoms with E-state index in [1.165, 1.54) is 34.4 Å². The van der Waals surface area contributed by atoms with Crippen LogP contribution in [0.2, 0.25) is 0 Å². The largest absolute Gasteiger partial charge is 0.454 e. The molecule has 1 aliphatic heterocycles. The number of aromatic nitrogens is 4. The molecule has 0 fully saturated rings. The number of amides is 1. The van der Waals surface area contributed by atoms with Crippen LogP contribution < -0.4 is 14.8 Å². The predicted octanol–water partition coefficient (Wildman–Crippen LogP) is 4.23. The second-order valence-corrected chi connectivity index (χ2v) is 9.23. The van der Waals surface area contributed by atoms with Gasteiger partial charge in [0.1, 0.15) is 0 Å². The second-order valence-electron chi connectivity index (χ2n) is 6.12. The van der Waals surface area contributed by atoms with Gasteiger partial charge in [0.15, 0.2) is 15.8 Å². The van der Waals surface area contributed by atoms with E-state index in [0.29, 0.717) is 43.4 Å². The highest BCUT2D eigenvalue weighted by atomic mass is 32.2. The number of thiophene rings is 1. The number of hydrogen-bond acceptors (Lipinski definition) is 11. The summed E-state index contributed by atoms with van der Waals surface area (Å²) in [4.78, 5) is 12.9. The van der Waals surface area contributed by atoms with Crippen molar-refractivity contribution in [2.45, 2.75) is 17.0 Å². The van der Waals surface area contributed by atoms with E-state index < -0.39 is 0 Å². The Balaban J connectivity index is 1.20. The molecule has 1 aromatic carbocycles. The summed E-state index contributed by atoms with van der Waals surface area (Å²) in [5.74, 6) is 2.47. The topological polar surface area (TPSA) is 112 Å². The number of carbonyl (C=O) groups excluding carboxylic acids is 1. The Bertz CT molecular complexity index is 1220. The van der Waals surface area contributed by atoms with Crippen molar-refractivity contribution in [1.82, 2.24) is 20.4 Å². The Kier molecular flexibility index (Phi) is 5.11. The van der Waals surface area contributed by atoms with Gasteiger partial charge in [-0.05, 0) is 42.1 Å². The van der Waals surface area contributed by atoms with Crippen molar-refractivity contribution in [3.8, 4) is 23.0 Å². The summed E-state index contributed by atoms with van der Waals surface area (Å²) in [6, 6.07) is 7.36. The van der Waals surface area contributed by atoms with Gasteiger partial charge in [-0.25, -0.2) is 0 Å². The van der Waals surface area contributed by atoms with Gasteiger partial charge in [-0.15, -0.1) is 31.7 Å². The molecule has 0 radical (unpaired) electrons. The van der Waals surface area contributed by atoms with Crippen LogP contribution in [0.5, 0.6) is 11.5 Å². The minimum absolute atomic E-state index is 0.180. The highest BCUT2D eigenvalue weighted by Gasteiger charge is 2.18. The highest BCUT2D eigenvalue weighted by Crippen LogP contribution is 2.36. The van der Waals surface area contributed by atoms with Crippen molar-refractivity contribution in [2.75, 3.05) is 12.1 Å². The van der Waals surface area contributed by atoms with Crippen molar-refractivity contribution < 1.29 is 18.7 Å². The Labute approximate surface area is 182 Å². The molecular weight excluding hydrogens is 446 g/mol. The van der Waals surface area contributed by atoms with Crippen LogP contribution in [0.4, 0.5) is 5.13 Å². The average molecular weight is 460 g/mol. The molecule has 0 unspecified atom stereocenters. The van der Waals surface area contributed by atoms with E-state index in [1.54, 1.807) is 0 Å². The van der Waals surface area contributed by atoms with Gasteiger partial charge in [0, 0.05) is 5.56 Å². The molecule has 152 valence electrons. The maximum atomic E-state index is 12.3. The molecule has 0 spiro atoms. The smallest absolute Gasteiger partial charge is 0.267 e. The first-order chi connectivity index (χ1) is 14.7. The third-order valence-electron chi connectivity index (χ3n) is 4.10. The third kappa shape index (κ3) is 3.88. The van der Waals surface area contributed by atoms with E-state index >= 15 is 0 Å². The van der Waals surface area contributed by atoms with Gasteiger partial charge in [-0.3, -0.25) is 10.1 Å². The minimum atomic E-state index is -0.180. The summed E-state index contributed by atoms with van der Waals surface area (Å²) in [6.45, 7) is 2.11. The molecule has 1 amide bonds. The lowest BCUT2D eigenvalue weighted by Gasteiger charge is -1.98. The molecule has 4 heterocycles. The van der Waals surface area contributed by atoms with E-state index in [1.807, 2.05) is 36.6 Å². The highest BCUT2D eigenvalue weighted by molar-refractivity contribution is 8.00. The molecule has 12 heteroatoms. The molecule has 1 N–H and O–H groups in total. The molecule has 3 aromatic heterocycles. The van der Waals surface area contributed by atoms with Crippen molar-refractivity contribution in [2.24, 2.45) is 0 Å². The maximum Gasteiger partial charge on any atom is 0.267 e. The molecule has 1 aliphatic rings. The molecule has 30 heavy (non-hydrogen) atoms. The van der Waals surface area contributed by atoms with E-state index in [2.05, 4.69) is 25.7 Å². The molecule has 4 aromatic rings. The maximum absolute atomic E-state index is 12.3. The third-order valence-corrected chi connectivity index (χ3v) is 7.07. The van der Waals surface area contributed by atoms with Crippen molar-refractivity contribution in [3.05, 3.63) is 46.0 Å². The number of rotatable bonds is 6. The van der Waals surface area contributed by atoms with Gasteiger partial charge in [-0.1, -0.05) is 23.1 Å². The summed E-state index contributed by atoms with van der Waals surface area (Å²) >= 11 is 4.09. The Morgan fingerprint density at radius 2 is 2.07 bits per heavy atom. The van der Waals surface area contributed by atoms with Gasteiger partial charge < -0.3 is 13.9 Å². The van der Waals surface area contributed by atoms with Crippen molar-refractivity contribution in [1.29, 1.82) is 0 Å². The lowest BCUT2D eigenvalue weighted by Crippen LogP contribution is -2.10. The number of fused-ring (bicyclic) bond motifs is 1. The molecule has 0 aliphatic carbocycles. The normalized spacial score (nSPS) is 12.3. The number of nitrogens with zero attached hydrogens (tertiary/aromatic N) is 4. The SMILES string of the molecule is Cc1ccsc1C(=O)Nc1nnc(SCc2nnc(-c3ccc4c(c3)OCO4)o2)s1. The summed E-state index contributed by atoms with van der Waals surface area (Å²) in [6.07, 6.45) is 0. The van der Waals surface area contributed by atoms with Crippen LogP contribution in [-0.4, -0.2) is 33.1 Å². The van der Waals surface area contributed by atoms with Crippen molar-refractivity contribution >= 4 is 45.5 Å². The van der Waals surface area contributed by atoms with Crippen LogP contribution in [0.1, 0.15) is 21.1 Å². The van der Waals surface area contributed by atoms with E-state index in [0.717, 1.165) is 11.1 Å². The minimum Gasteiger partial charge on any atom is -0.454 e. The zero-order valence-corrected chi connectivity index (χ0v) is 17.9. The molecule has 0 bridgehead atoms. The van der Waals surface area contributed by atoms with E-state index in [-0.39, 0.29) is 12.7 Å². The van der Waals surface area contributed by atoms with Crippen molar-refractivity contribution in [3.63, 3.8) is 0 Å². The number of carbonyl (C=O) groups is 1. The summed E-state index contributed by atoms with van der Waals surface area (Å²) in [5, 5.41) is 21.4. The molecule has 0 saturated heterocycles. The van der Waals surface area contributed by atoms with Crippen LogP contribution >= 0.6 is 34.4 Å². The number of nitrogens with one attached hydrogen (secondary N) is 1. The van der Waals surface area contributed by atoms with Gasteiger partial charge in [0.05, 0.1) is 10.6 Å². The first-order valence-corrected chi connectivity index (χ1v) is 11.4. The average Bonchev–Trinajstić information content (AvgIpc) is 3.53. The molecular formula is C18H13N5O4S3. The zero-order valence-electron chi connectivity index (χ0n) is 15.4. The van der Waals surface area contributed by atoms with E-state index in [9.17, 15) is 4.79 Å². The number of benzene rings is 1. The number of thioether (sulfide) groups is 1. The fourth-order valence-corrected chi connectivity index (χ4v) is 5.06. The van der Waals surface area contributed by atoms with Gasteiger partial charge in [0.2, 0.25) is 23.7 Å². The quantitative estimate of drug-likeness (QED) is 0.334. The number of ether oxygens (including phenoxy) is 2. The van der Waals surface area contributed by atoms with Crippen LogP contribution in [0.15, 0.2) is 38.4 Å². The lowest BCUT2D eigenvalue weighted by atomic mass is 10.2. The summed E-state index contributed by atoms with van der Waals surface area (Å²) in [5.41, 5.74) is 1.69. The van der Waals surface area contributed by atoms with Gasteiger partial charge in [0.25, 0.3) is 5.91 Å². The fraction of sp³-hybridized carbons (Fsp3) is 0.167. The molecule has 0 saturated carbocycles. The first kappa shape index (κ1) is 19.0. The number of anilines is 1. The first-order valence-electron chi connectivity index (χ1n) is 8.70. The Morgan fingerprint density at radius 3 is 2.93 bits per heavy atom. The van der Waals surface area contributed by atoms with Gasteiger partial charge in [-0.2, -0.15) is 0 Å².